The third-order valence-electron chi connectivity index (χ3n) is 5.97. The maximum atomic E-state index is 13.5. The van der Waals surface area contributed by atoms with E-state index < -0.39 is 10.8 Å². The van der Waals surface area contributed by atoms with Crippen molar-refractivity contribution in [3.63, 3.8) is 0 Å². The molecule has 5 rings (SSSR count). The van der Waals surface area contributed by atoms with Crippen LogP contribution < -0.4 is 10.6 Å². The molecule has 0 spiro atoms. The summed E-state index contributed by atoms with van der Waals surface area (Å²) >= 11 is 8.94. The van der Waals surface area contributed by atoms with Crippen molar-refractivity contribution in [2.24, 2.45) is 0 Å². The van der Waals surface area contributed by atoms with Gasteiger partial charge in [0.05, 0.1) is 17.3 Å². The third kappa shape index (κ3) is 4.90. The van der Waals surface area contributed by atoms with E-state index in [1.54, 1.807) is 12.1 Å². The molecule has 1 aliphatic heterocycles. The van der Waals surface area contributed by atoms with Gasteiger partial charge in [-0.25, -0.2) is 4.98 Å². The third-order valence-corrected chi connectivity index (χ3v) is 8.42. The zero-order valence-corrected chi connectivity index (χ0v) is 21.4. The van der Waals surface area contributed by atoms with Gasteiger partial charge in [-0.1, -0.05) is 41.9 Å². The molecule has 2 aromatic carbocycles. The molecule has 2 atom stereocenters. The van der Waals surface area contributed by atoms with Gasteiger partial charge in [0.15, 0.2) is 5.78 Å². The van der Waals surface area contributed by atoms with Gasteiger partial charge in [-0.15, -0.1) is 11.8 Å². The molecule has 9 heteroatoms. The Morgan fingerprint density at radius 2 is 1.94 bits per heavy atom. The molecule has 6 nitrogen and oxygen atoms in total. The molecule has 1 amide bonds. The van der Waals surface area contributed by atoms with Crippen molar-refractivity contribution in [1.82, 2.24) is 10.3 Å². The number of thiophene rings is 1. The van der Waals surface area contributed by atoms with E-state index >= 15 is 0 Å². The lowest BCUT2D eigenvalue weighted by molar-refractivity contribution is -0.133. The van der Waals surface area contributed by atoms with Gasteiger partial charge < -0.3 is 15.7 Å². The average Bonchev–Trinajstić information content (AvgIpc) is 3.43. The first-order valence-electron chi connectivity index (χ1n) is 11.2. The summed E-state index contributed by atoms with van der Waals surface area (Å²) in [7, 11) is 0. The quantitative estimate of drug-likeness (QED) is 0.270. The summed E-state index contributed by atoms with van der Waals surface area (Å²) in [6, 6.07) is 22.0. The van der Waals surface area contributed by atoms with E-state index in [1.807, 2.05) is 71.4 Å². The Hall–Kier alpha value is -3.17. The molecule has 4 aromatic rings. The Morgan fingerprint density at radius 3 is 2.69 bits per heavy atom. The number of thioether (sulfide) groups is 1. The van der Waals surface area contributed by atoms with E-state index in [2.05, 4.69) is 10.6 Å². The van der Waals surface area contributed by atoms with Crippen molar-refractivity contribution in [1.29, 1.82) is 0 Å². The number of hydrogen-bond acceptors (Lipinski definition) is 7. The topological polar surface area (TPSA) is 91.3 Å². The molecule has 0 saturated carbocycles. The second-order valence-electron chi connectivity index (χ2n) is 8.37. The maximum absolute atomic E-state index is 13.5. The minimum atomic E-state index is -1.09. The van der Waals surface area contributed by atoms with Gasteiger partial charge in [-0.3, -0.25) is 9.59 Å². The molecular formula is C27H22ClN3O3S2. The largest absolute Gasteiger partial charge is 0.392 e. The Kier molecular flexibility index (Phi) is 7.11. The van der Waals surface area contributed by atoms with Gasteiger partial charge in [-0.2, -0.15) is 11.3 Å². The first-order valence-corrected chi connectivity index (χ1v) is 13.4. The fourth-order valence-electron chi connectivity index (χ4n) is 4.23. The SMILES string of the molecule is O=C1CC(c2ccsc2)(c2cccc(Nc3cccc(CO)c3)n2)NC(=O)C1Sc1ccccc1Cl. The van der Waals surface area contributed by atoms with Gasteiger partial charge in [0.1, 0.15) is 16.6 Å². The maximum Gasteiger partial charge on any atom is 0.242 e. The number of benzene rings is 2. The van der Waals surface area contributed by atoms with Crippen LogP contribution in [0.1, 0.15) is 23.2 Å². The van der Waals surface area contributed by atoms with Gasteiger partial charge in [0.25, 0.3) is 0 Å². The molecule has 182 valence electrons. The molecule has 36 heavy (non-hydrogen) atoms. The molecule has 1 saturated heterocycles. The smallest absolute Gasteiger partial charge is 0.242 e. The predicted molar refractivity (Wildman–Crippen MR) is 144 cm³/mol. The van der Waals surface area contributed by atoms with Gasteiger partial charge >= 0.3 is 0 Å². The van der Waals surface area contributed by atoms with Crippen LogP contribution >= 0.6 is 34.7 Å². The van der Waals surface area contributed by atoms with Crippen LogP contribution in [0.25, 0.3) is 0 Å². The Labute approximate surface area is 221 Å². The first kappa shape index (κ1) is 24.5. The van der Waals surface area contributed by atoms with Crippen LogP contribution in [-0.4, -0.2) is 27.0 Å². The van der Waals surface area contributed by atoms with E-state index in [4.69, 9.17) is 16.6 Å². The fourth-order valence-corrected chi connectivity index (χ4v) is 6.20. The number of aliphatic hydroxyl groups is 1. The molecule has 2 aromatic heterocycles. The number of piperidine rings is 1. The summed E-state index contributed by atoms with van der Waals surface area (Å²) in [6.07, 6.45) is 0.0635. The van der Waals surface area contributed by atoms with Crippen LogP contribution in [0.15, 0.2) is 88.5 Å². The number of ketones is 1. The van der Waals surface area contributed by atoms with E-state index in [9.17, 15) is 14.7 Å². The normalized spacial score (nSPS) is 19.7. The monoisotopic (exact) mass is 535 g/mol. The molecule has 0 bridgehead atoms. The number of Topliss-reactive ketones (excluding diaryl/α,β-unsaturated/α-hetero) is 1. The molecule has 2 unspecified atom stereocenters. The minimum Gasteiger partial charge on any atom is -0.392 e. The molecule has 3 heterocycles. The Bertz CT molecular complexity index is 1390. The number of carbonyl (C=O) groups is 2. The molecule has 1 aliphatic rings. The van der Waals surface area contributed by atoms with E-state index in [0.717, 1.165) is 28.6 Å². The highest BCUT2D eigenvalue weighted by molar-refractivity contribution is 8.01. The van der Waals surface area contributed by atoms with Crippen LogP contribution in [0, 0.1) is 0 Å². The number of nitrogens with zero attached hydrogens (tertiary/aromatic N) is 1. The number of nitrogens with one attached hydrogen (secondary N) is 2. The first-order chi connectivity index (χ1) is 17.5. The summed E-state index contributed by atoms with van der Waals surface area (Å²) < 4.78 is 0. The van der Waals surface area contributed by atoms with Gasteiger partial charge in [0.2, 0.25) is 5.91 Å². The van der Waals surface area contributed by atoms with E-state index in [0.29, 0.717) is 21.4 Å². The summed E-state index contributed by atoms with van der Waals surface area (Å²) in [6.45, 7) is -0.0637. The number of amides is 1. The number of aromatic nitrogens is 1. The number of halogens is 1. The molecule has 1 fully saturated rings. The van der Waals surface area contributed by atoms with Crippen LogP contribution in [0.5, 0.6) is 0 Å². The van der Waals surface area contributed by atoms with Gasteiger partial charge in [0, 0.05) is 17.0 Å². The van der Waals surface area contributed by atoms with Gasteiger partial charge in [-0.05, 0) is 64.4 Å². The number of pyridine rings is 1. The highest BCUT2D eigenvalue weighted by Crippen LogP contribution is 2.41. The van der Waals surface area contributed by atoms with Crippen molar-refractivity contribution < 1.29 is 14.7 Å². The highest BCUT2D eigenvalue weighted by atomic mass is 35.5. The Morgan fingerprint density at radius 1 is 1.11 bits per heavy atom. The van der Waals surface area contributed by atoms with E-state index in [1.165, 1.54) is 11.3 Å². The number of hydrogen-bond donors (Lipinski definition) is 3. The second kappa shape index (κ2) is 10.4. The lowest BCUT2D eigenvalue weighted by Gasteiger charge is -2.39. The number of anilines is 2. The van der Waals surface area contributed by atoms with Crippen molar-refractivity contribution in [3.05, 3.63) is 105 Å². The minimum absolute atomic E-state index is 0.0635. The molecule has 0 radical (unpaired) electrons. The zero-order chi connectivity index (χ0) is 25.1. The van der Waals surface area contributed by atoms with Crippen molar-refractivity contribution in [3.8, 4) is 0 Å². The lowest BCUT2D eigenvalue weighted by Crippen LogP contribution is -2.58. The number of rotatable bonds is 7. The fraction of sp³-hybridized carbons (Fsp3) is 0.148. The molecule has 0 aliphatic carbocycles. The summed E-state index contributed by atoms with van der Waals surface area (Å²) in [5.41, 5.74) is 1.83. The number of carbonyl (C=O) groups excluding carboxylic acids is 2. The number of aliphatic hydroxyl groups excluding tert-OH is 1. The summed E-state index contributed by atoms with van der Waals surface area (Å²) in [5.74, 6) is -0.00434. The van der Waals surface area contributed by atoms with Crippen molar-refractivity contribution in [2.75, 3.05) is 5.32 Å². The zero-order valence-electron chi connectivity index (χ0n) is 19.0. The predicted octanol–water partition coefficient (Wildman–Crippen LogP) is 5.53. The van der Waals surface area contributed by atoms with Crippen LogP contribution in [0.3, 0.4) is 0 Å². The van der Waals surface area contributed by atoms with Crippen molar-refractivity contribution in [2.45, 2.75) is 28.7 Å². The standard InChI is InChI=1S/C27H22ClN3O3S2/c28-20-7-1-2-8-22(20)36-25-21(33)14-27(31-26(25)34,18-11-12-35-16-18)23-9-4-10-24(30-23)29-19-6-3-5-17(13-19)15-32/h1-13,16,25,32H,14-15H2,(H,29,30)(H,31,34). The molecular weight excluding hydrogens is 514 g/mol. The molecule has 3 N–H and O–H groups in total. The summed E-state index contributed by atoms with van der Waals surface area (Å²) in [5, 5.41) is 19.3. The highest BCUT2D eigenvalue weighted by Gasteiger charge is 2.48. The Balaban J connectivity index is 1.48. The lowest BCUT2D eigenvalue weighted by atomic mass is 9.79. The second-order valence-corrected chi connectivity index (χ2v) is 10.7. The van der Waals surface area contributed by atoms with E-state index in [-0.39, 0.29) is 24.7 Å². The summed E-state index contributed by atoms with van der Waals surface area (Å²) in [4.78, 5) is 32.3. The van der Waals surface area contributed by atoms with Crippen LogP contribution in [-0.2, 0) is 21.7 Å². The average molecular weight is 536 g/mol. The van der Waals surface area contributed by atoms with Crippen LogP contribution in [0.2, 0.25) is 5.02 Å². The van der Waals surface area contributed by atoms with Crippen molar-refractivity contribution >= 4 is 57.9 Å². The van der Waals surface area contributed by atoms with Crippen LogP contribution in [0.4, 0.5) is 11.5 Å².